The summed E-state index contributed by atoms with van der Waals surface area (Å²) in [7, 11) is 0. The van der Waals surface area contributed by atoms with Crippen molar-refractivity contribution in [3.05, 3.63) is 22.8 Å². The molecule has 1 aromatic heterocycles. The Morgan fingerprint density at radius 1 is 1.21 bits per heavy atom. The Kier molecular flexibility index (Phi) is 7.27. The Morgan fingerprint density at radius 2 is 1.86 bits per heavy atom. The van der Waals surface area contributed by atoms with Crippen LogP contribution in [-0.2, 0) is 11.0 Å². The molecule has 2 saturated heterocycles. The van der Waals surface area contributed by atoms with Crippen LogP contribution in [0.4, 0.5) is 19.0 Å². The molecule has 2 fully saturated rings. The number of nitrogens with one attached hydrogen (secondary N) is 1. The van der Waals surface area contributed by atoms with E-state index < -0.39 is 11.7 Å². The molecule has 0 saturated carbocycles. The number of hydrogen-bond donors (Lipinski definition) is 1. The molecule has 0 radical (unpaired) electrons. The molecule has 29 heavy (non-hydrogen) atoms. The van der Waals surface area contributed by atoms with Gasteiger partial charge in [0.1, 0.15) is 5.82 Å². The van der Waals surface area contributed by atoms with Crippen molar-refractivity contribution < 1.29 is 18.0 Å². The van der Waals surface area contributed by atoms with Gasteiger partial charge < -0.3 is 15.1 Å². The molecule has 0 unspecified atom stereocenters. The number of rotatable bonds is 5. The number of amides is 1. The number of nitrogens with zero attached hydrogens (tertiary/aromatic N) is 3. The number of piperidine rings is 2. The summed E-state index contributed by atoms with van der Waals surface area (Å²) in [5, 5.41) is 3.02. The van der Waals surface area contributed by atoms with Crippen LogP contribution in [0, 0.1) is 11.8 Å². The molecule has 0 aromatic carbocycles. The van der Waals surface area contributed by atoms with Gasteiger partial charge in [0.2, 0.25) is 5.91 Å². The van der Waals surface area contributed by atoms with Crippen molar-refractivity contribution in [2.75, 3.05) is 44.2 Å². The lowest BCUT2D eigenvalue weighted by Gasteiger charge is -2.33. The quantitative estimate of drug-likeness (QED) is 0.768. The Balaban J connectivity index is 1.43. The average Bonchev–Trinajstić information content (AvgIpc) is 2.69. The lowest BCUT2D eigenvalue weighted by Crippen LogP contribution is -2.44. The van der Waals surface area contributed by atoms with Crippen LogP contribution in [0.25, 0.3) is 0 Å². The number of alkyl halides is 3. The highest BCUT2D eigenvalue weighted by molar-refractivity contribution is 6.33. The van der Waals surface area contributed by atoms with E-state index in [1.807, 2.05) is 4.90 Å². The predicted molar refractivity (Wildman–Crippen MR) is 107 cm³/mol. The minimum absolute atomic E-state index is 0.0152. The Labute approximate surface area is 174 Å². The smallest absolute Gasteiger partial charge is 0.355 e. The molecule has 0 aliphatic carbocycles. The Hall–Kier alpha value is -1.54. The first-order valence-corrected chi connectivity index (χ1v) is 10.6. The summed E-state index contributed by atoms with van der Waals surface area (Å²) in [6.07, 6.45) is 0.0339. The highest BCUT2D eigenvalue weighted by Gasteiger charge is 2.33. The molecule has 0 atom stereocenters. The molecule has 3 rings (SSSR count). The van der Waals surface area contributed by atoms with Crippen molar-refractivity contribution in [3.8, 4) is 0 Å². The van der Waals surface area contributed by atoms with Crippen molar-refractivity contribution in [1.29, 1.82) is 0 Å². The summed E-state index contributed by atoms with van der Waals surface area (Å²) in [6.45, 7) is 7.08. The van der Waals surface area contributed by atoms with Crippen LogP contribution in [0.3, 0.4) is 0 Å². The lowest BCUT2D eigenvalue weighted by atomic mass is 9.96. The second kappa shape index (κ2) is 9.51. The Morgan fingerprint density at radius 3 is 2.45 bits per heavy atom. The summed E-state index contributed by atoms with van der Waals surface area (Å²) in [4.78, 5) is 20.6. The number of pyridine rings is 1. The van der Waals surface area contributed by atoms with Gasteiger partial charge in [0.05, 0.1) is 10.6 Å². The normalized spacial score (nSPS) is 20.1. The van der Waals surface area contributed by atoms with Gasteiger partial charge in [0.15, 0.2) is 0 Å². The van der Waals surface area contributed by atoms with E-state index in [-0.39, 0.29) is 16.8 Å². The molecule has 2 aliphatic rings. The summed E-state index contributed by atoms with van der Waals surface area (Å²) >= 11 is 6.03. The standard InChI is InChI=1S/C20H28ClF3N4O/c1-14-2-7-27(8-3-14)11-6-25-19(29)15-4-9-28(10-5-15)18-17(21)12-16(13-26-18)20(22,23)24/h12-15H,2-11H2,1H3,(H,25,29). The molecule has 0 bridgehead atoms. The van der Waals surface area contributed by atoms with Crippen LogP contribution in [0.15, 0.2) is 12.3 Å². The third kappa shape index (κ3) is 5.98. The highest BCUT2D eigenvalue weighted by Crippen LogP contribution is 2.34. The zero-order chi connectivity index (χ0) is 21.0. The van der Waals surface area contributed by atoms with E-state index in [0.29, 0.717) is 38.3 Å². The number of anilines is 1. The SMILES string of the molecule is CC1CCN(CCNC(=O)C2CCN(c3ncc(C(F)(F)F)cc3Cl)CC2)CC1. The fraction of sp³-hybridized carbons (Fsp3) is 0.700. The number of likely N-dealkylation sites (tertiary alicyclic amines) is 1. The van der Waals surface area contributed by atoms with Crippen molar-refractivity contribution >= 4 is 23.3 Å². The van der Waals surface area contributed by atoms with Gasteiger partial charge in [-0.1, -0.05) is 18.5 Å². The molecule has 5 nitrogen and oxygen atoms in total. The summed E-state index contributed by atoms with van der Waals surface area (Å²) in [5.41, 5.74) is -0.858. The van der Waals surface area contributed by atoms with Gasteiger partial charge in [-0.25, -0.2) is 4.98 Å². The summed E-state index contributed by atoms with van der Waals surface area (Å²) in [5.74, 6) is 1.11. The van der Waals surface area contributed by atoms with Crippen LogP contribution < -0.4 is 10.2 Å². The number of halogens is 4. The largest absolute Gasteiger partial charge is 0.417 e. The van der Waals surface area contributed by atoms with E-state index in [9.17, 15) is 18.0 Å². The predicted octanol–water partition coefficient (Wildman–Crippen LogP) is 3.82. The first-order chi connectivity index (χ1) is 13.7. The average molecular weight is 433 g/mol. The van der Waals surface area contributed by atoms with Gasteiger partial charge in [-0.2, -0.15) is 13.2 Å². The van der Waals surface area contributed by atoms with Crippen LogP contribution in [0.5, 0.6) is 0 Å². The summed E-state index contributed by atoms with van der Waals surface area (Å²) in [6, 6.07) is 0.907. The molecule has 162 valence electrons. The van der Waals surface area contributed by atoms with Gasteiger partial charge in [-0.3, -0.25) is 4.79 Å². The minimum Gasteiger partial charge on any atom is -0.355 e. The van der Waals surface area contributed by atoms with Gasteiger partial charge in [0, 0.05) is 38.3 Å². The first kappa shape index (κ1) is 22.2. The molecule has 2 aliphatic heterocycles. The summed E-state index contributed by atoms with van der Waals surface area (Å²) < 4.78 is 38.3. The zero-order valence-corrected chi connectivity index (χ0v) is 17.4. The third-order valence-corrected chi connectivity index (χ3v) is 6.20. The highest BCUT2D eigenvalue weighted by atomic mass is 35.5. The van der Waals surface area contributed by atoms with Crippen molar-refractivity contribution in [2.24, 2.45) is 11.8 Å². The fourth-order valence-corrected chi connectivity index (χ4v) is 4.22. The van der Waals surface area contributed by atoms with Crippen molar-refractivity contribution in [3.63, 3.8) is 0 Å². The maximum absolute atomic E-state index is 12.8. The molecule has 1 N–H and O–H groups in total. The van der Waals surface area contributed by atoms with E-state index >= 15 is 0 Å². The second-order valence-electron chi connectivity index (χ2n) is 8.10. The van der Waals surface area contributed by atoms with Crippen LogP contribution in [0.1, 0.15) is 38.2 Å². The van der Waals surface area contributed by atoms with E-state index in [1.165, 1.54) is 12.8 Å². The monoisotopic (exact) mass is 432 g/mol. The van der Waals surface area contributed by atoms with E-state index in [2.05, 4.69) is 22.1 Å². The van der Waals surface area contributed by atoms with E-state index in [1.54, 1.807) is 0 Å². The third-order valence-electron chi connectivity index (χ3n) is 5.92. The molecular weight excluding hydrogens is 405 g/mol. The maximum atomic E-state index is 12.8. The maximum Gasteiger partial charge on any atom is 0.417 e. The molecule has 1 amide bonds. The van der Waals surface area contributed by atoms with Crippen molar-refractivity contribution in [2.45, 2.75) is 38.8 Å². The molecule has 3 heterocycles. The number of hydrogen-bond acceptors (Lipinski definition) is 4. The number of carbonyl (C=O) groups excluding carboxylic acids is 1. The fourth-order valence-electron chi connectivity index (χ4n) is 3.94. The van der Waals surface area contributed by atoms with Crippen LogP contribution in [0.2, 0.25) is 5.02 Å². The number of carbonyl (C=O) groups is 1. The van der Waals surface area contributed by atoms with Gasteiger partial charge in [-0.15, -0.1) is 0 Å². The lowest BCUT2D eigenvalue weighted by molar-refractivity contribution is -0.137. The molecule has 0 spiro atoms. The molecular formula is C20H28ClF3N4O. The van der Waals surface area contributed by atoms with Gasteiger partial charge >= 0.3 is 6.18 Å². The molecule has 9 heteroatoms. The van der Waals surface area contributed by atoms with E-state index in [4.69, 9.17) is 11.6 Å². The Bertz CT molecular complexity index is 699. The molecule has 1 aromatic rings. The van der Waals surface area contributed by atoms with Crippen LogP contribution >= 0.6 is 11.6 Å². The zero-order valence-electron chi connectivity index (χ0n) is 16.6. The minimum atomic E-state index is -4.47. The first-order valence-electron chi connectivity index (χ1n) is 10.2. The van der Waals surface area contributed by atoms with Crippen LogP contribution in [-0.4, -0.2) is 55.1 Å². The topological polar surface area (TPSA) is 48.5 Å². The van der Waals surface area contributed by atoms with E-state index in [0.717, 1.165) is 37.8 Å². The van der Waals surface area contributed by atoms with Crippen molar-refractivity contribution in [1.82, 2.24) is 15.2 Å². The second-order valence-corrected chi connectivity index (χ2v) is 8.51. The van der Waals surface area contributed by atoms with Gasteiger partial charge in [-0.05, 0) is 50.8 Å². The number of aromatic nitrogens is 1. The van der Waals surface area contributed by atoms with Gasteiger partial charge in [0.25, 0.3) is 0 Å².